The van der Waals surface area contributed by atoms with Crippen molar-refractivity contribution in [2.24, 2.45) is 5.41 Å². The number of rotatable bonds is 2. The first-order valence-corrected chi connectivity index (χ1v) is 5.14. The molecule has 1 N–H and O–H groups in total. The van der Waals surface area contributed by atoms with Crippen LogP contribution in [0, 0.1) is 22.9 Å². The molecule has 2 nitrogen and oxygen atoms in total. The van der Waals surface area contributed by atoms with Gasteiger partial charge >= 0.3 is 0 Å². The van der Waals surface area contributed by atoms with Crippen LogP contribution < -0.4 is 5.32 Å². The van der Waals surface area contributed by atoms with Gasteiger partial charge < -0.3 is 5.32 Å². The smallest absolute Gasteiger partial charge is 0.224 e. The monoisotopic (exact) mass is 245 g/mol. The van der Waals surface area contributed by atoms with Crippen LogP contribution in [-0.2, 0) is 4.79 Å². The number of benzene rings is 1. The molecule has 0 aliphatic heterocycles. The molecule has 17 heavy (non-hydrogen) atoms. The first kappa shape index (κ1) is 13.5. The Hall–Kier alpha value is -1.52. The molecule has 0 saturated carbocycles. The van der Waals surface area contributed by atoms with E-state index in [9.17, 15) is 18.0 Å². The molecule has 1 amide bonds. The molecule has 0 radical (unpaired) electrons. The highest BCUT2D eigenvalue weighted by atomic mass is 19.2. The Balaban J connectivity index is 2.83. The molecule has 94 valence electrons. The van der Waals surface area contributed by atoms with Crippen molar-refractivity contribution >= 4 is 11.6 Å². The molecule has 0 spiro atoms. The summed E-state index contributed by atoms with van der Waals surface area (Å²) in [5.41, 5.74) is -0.614. The van der Waals surface area contributed by atoms with Crippen molar-refractivity contribution in [3.63, 3.8) is 0 Å². The molecular formula is C12H14F3NO. The van der Waals surface area contributed by atoms with E-state index in [0.29, 0.717) is 0 Å². The fourth-order valence-electron chi connectivity index (χ4n) is 1.30. The Kier molecular flexibility index (Phi) is 3.80. The maximum atomic E-state index is 13.2. The van der Waals surface area contributed by atoms with E-state index >= 15 is 0 Å². The van der Waals surface area contributed by atoms with Crippen LogP contribution in [0.25, 0.3) is 0 Å². The summed E-state index contributed by atoms with van der Waals surface area (Å²) in [5.74, 6) is -4.69. The van der Waals surface area contributed by atoms with E-state index in [1.54, 1.807) is 0 Å². The van der Waals surface area contributed by atoms with Crippen LogP contribution >= 0.6 is 0 Å². The molecule has 0 aliphatic rings. The predicted octanol–water partition coefficient (Wildman–Crippen LogP) is 3.48. The van der Waals surface area contributed by atoms with Crippen molar-refractivity contribution in [1.29, 1.82) is 0 Å². The molecule has 0 aromatic heterocycles. The average Bonchev–Trinajstić information content (AvgIpc) is 2.16. The highest BCUT2D eigenvalue weighted by molar-refractivity contribution is 5.91. The summed E-state index contributed by atoms with van der Waals surface area (Å²) in [6.45, 7) is 5.52. The van der Waals surface area contributed by atoms with Crippen molar-refractivity contribution in [3.8, 4) is 0 Å². The minimum atomic E-state index is -1.58. The Morgan fingerprint density at radius 2 is 1.76 bits per heavy atom. The van der Waals surface area contributed by atoms with Crippen LogP contribution in [0.1, 0.15) is 27.2 Å². The summed E-state index contributed by atoms with van der Waals surface area (Å²) in [4.78, 5) is 11.5. The van der Waals surface area contributed by atoms with E-state index < -0.39 is 23.4 Å². The molecule has 1 aromatic carbocycles. The summed E-state index contributed by atoms with van der Waals surface area (Å²) < 4.78 is 38.7. The summed E-state index contributed by atoms with van der Waals surface area (Å²) in [5, 5.41) is 2.21. The maximum Gasteiger partial charge on any atom is 0.224 e. The van der Waals surface area contributed by atoms with Crippen molar-refractivity contribution in [1.82, 2.24) is 0 Å². The van der Waals surface area contributed by atoms with Gasteiger partial charge in [0.2, 0.25) is 5.91 Å². The second-order valence-electron chi connectivity index (χ2n) is 5.01. The molecule has 0 saturated heterocycles. The lowest BCUT2D eigenvalue weighted by Crippen LogP contribution is -2.20. The fraction of sp³-hybridized carbons (Fsp3) is 0.417. The quantitative estimate of drug-likeness (QED) is 0.794. The first-order chi connectivity index (χ1) is 7.70. The van der Waals surface area contributed by atoms with E-state index in [-0.39, 0.29) is 17.5 Å². The molecule has 0 heterocycles. The minimum absolute atomic E-state index is 0.158. The molecule has 5 heteroatoms. The Labute approximate surface area is 97.8 Å². The number of carbonyl (C=O) groups excluding carboxylic acids is 1. The summed E-state index contributed by atoms with van der Waals surface area (Å²) in [6.07, 6.45) is 0.158. The summed E-state index contributed by atoms with van der Waals surface area (Å²) in [7, 11) is 0. The van der Waals surface area contributed by atoms with Crippen LogP contribution in [-0.4, -0.2) is 5.91 Å². The number of hydrogen-bond acceptors (Lipinski definition) is 1. The lowest BCUT2D eigenvalue weighted by molar-refractivity contribution is -0.117. The van der Waals surface area contributed by atoms with Crippen LogP contribution in [0.2, 0.25) is 0 Å². The molecular weight excluding hydrogens is 231 g/mol. The average molecular weight is 245 g/mol. The van der Waals surface area contributed by atoms with Gasteiger partial charge in [-0.1, -0.05) is 20.8 Å². The number of carbonyl (C=O) groups is 1. The zero-order valence-corrected chi connectivity index (χ0v) is 9.90. The van der Waals surface area contributed by atoms with E-state index in [0.717, 1.165) is 12.1 Å². The third-order valence-electron chi connectivity index (χ3n) is 2.00. The lowest BCUT2D eigenvalue weighted by atomic mass is 9.92. The number of nitrogens with one attached hydrogen (secondary N) is 1. The molecule has 0 unspecified atom stereocenters. The molecule has 0 bridgehead atoms. The largest absolute Gasteiger partial charge is 0.323 e. The van der Waals surface area contributed by atoms with Gasteiger partial charge in [-0.3, -0.25) is 4.79 Å². The topological polar surface area (TPSA) is 29.1 Å². The third-order valence-corrected chi connectivity index (χ3v) is 2.00. The Morgan fingerprint density at radius 1 is 1.18 bits per heavy atom. The number of anilines is 1. The van der Waals surface area contributed by atoms with Crippen LogP contribution in [0.5, 0.6) is 0 Å². The fourth-order valence-corrected chi connectivity index (χ4v) is 1.30. The summed E-state index contributed by atoms with van der Waals surface area (Å²) in [6, 6.07) is 1.76. The normalized spacial score (nSPS) is 11.4. The van der Waals surface area contributed by atoms with Gasteiger partial charge in [0.25, 0.3) is 0 Å². The van der Waals surface area contributed by atoms with Crippen LogP contribution in [0.3, 0.4) is 0 Å². The number of halogens is 3. The van der Waals surface area contributed by atoms with Gasteiger partial charge in [0, 0.05) is 6.42 Å². The highest BCUT2D eigenvalue weighted by Crippen LogP contribution is 2.22. The zero-order valence-electron chi connectivity index (χ0n) is 9.90. The summed E-state index contributed by atoms with van der Waals surface area (Å²) >= 11 is 0. The van der Waals surface area contributed by atoms with Gasteiger partial charge in [0.15, 0.2) is 17.5 Å². The standard InChI is InChI=1S/C12H14F3NO/c1-12(2,3)6-9(17)16-8-5-4-7(13)10(14)11(8)15/h4-5H,6H2,1-3H3,(H,16,17). The van der Waals surface area contributed by atoms with Crippen molar-refractivity contribution in [2.45, 2.75) is 27.2 Å². The van der Waals surface area contributed by atoms with E-state index in [1.165, 1.54) is 0 Å². The number of amides is 1. The molecule has 1 rings (SSSR count). The first-order valence-electron chi connectivity index (χ1n) is 5.14. The maximum absolute atomic E-state index is 13.2. The second kappa shape index (κ2) is 4.77. The van der Waals surface area contributed by atoms with Gasteiger partial charge in [0.05, 0.1) is 5.69 Å². The molecule has 1 aromatic rings. The minimum Gasteiger partial charge on any atom is -0.323 e. The Bertz CT molecular complexity index is 438. The lowest BCUT2D eigenvalue weighted by Gasteiger charge is -2.17. The van der Waals surface area contributed by atoms with Crippen LogP contribution in [0.4, 0.5) is 18.9 Å². The SMILES string of the molecule is CC(C)(C)CC(=O)Nc1ccc(F)c(F)c1F. The zero-order chi connectivity index (χ0) is 13.2. The van der Waals surface area contributed by atoms with E-state index in [2.05, 4.69) is 5.32 Å². The van der Waals surface area contributed by atoms with Crippen molar-refractivity contribution < 1.29 is 18.0 Å². The molecule has 0 aliphatic carbocycles. The van der Waals surface area contributed by atoms with Gasteiger partial charge in [0.1, 0.15) is 0 Å². The van der Waals surface area contributed by atoms with Crippen molar-refractivity contribution in [3.05, 3.63) is 29.6 Å². The number of hydrogen-bond donors (Lipinski definition) is 1. The van der Waals surface area contributed by atoms with Gasteiger partial charge in [-0.25, -0.2) is 13.2 Å². The second-order valence-corrected chi connectivity index (χ2v) is 5.01. The van der Waals surface area contributed by atoms with Crippen molar-refractivity contribution in [2.75, 3.05) is 5.32 Å². The van der Waals surface area contributed by atoms with E-state index in [4.69, 9.17) is 0 Å². The molecule has 0 atom stereocenters. The van der Waals surface area contributed by atoms with Gasteiger partial charge in [-0.2, -0.15) is 0 Å². The van der Waals surface area contributed by atoms with E-state index in [1.807, 2.05) is 20.8 Å². The highest BCUT2D eigenvalue weighted by Gasteiger charge is 2.19. The third kappa shape index (κ3) is 3.76. The van der Waals surface area contributed by atoms with Crippen LogP contribution in [0.15, 0.2) is 12.1 Å². The van der Waals surface area contributed by atoms with Gasteiger partial charge in [-0.15, -0.1) is 0 Å². The molecule has 0 fully saturated rings. The van der Waals surface area contributed by atoms with Gasteiger partial charge in [-0.05, 0) is 17.5 Å². The predicted molar refractivity (Wildman–Crippen MR) is 59.0 cm³/mol. The Morgan fingerprint density at radius 3 is 2.29 bits per heavy atom.